The van der Waals surface area contributed by atoms with Gasteiger partial charge in [0.05, 0.1) is 17.7 Å². The number of ketones is 1. The van der Waals surface area contributed by atoms with Gasteiger partial charge in [0.1, 0.15) is 0 Å². The minimum atomic E-state index is -0.873. The molecule has 0 radical (unpaired) electrons. The highest BCUT2D eigenvalue weighted by molar-refractivity contribution is 6.10. The van der Waals surface area contributed by atoms with Gasteiger partial charge >= 0.3 is 17.9 Å². The van der Waals surface area contributed by atoms with Crippen LogP contribution < -0.4 is 9.47 Å². The van der Waals surface area contributed by atoms with Crippen molar-refractivity contribution in [2.75, 3.05) is 6.61 Å². The summed E-state index contributed by atoms with van der Waals surface area (Å²) in [6.45, 7) is 6.22. The number of aromatic hydroxyl groups is 1. The number of carbonyl (C=O) groups excluding carboxylic acids is 4. The van der Waals surface area contributed by atoms with Crippen LogP contribution in [0.1, 0.15) is 67.7 Å². The van der Waals surface area contributed by atoms with Crippen LogP contribution in [0, 0.1) is 0 Å². The van der Waals surface area contributed by atoms with Crippen LogP contribution in [-0.2, 0) is 14.3 Å². The van der Waals surface area contributed by atoms with E-state index < -0.39 is 40.9 Å². The Morgan fingerprint density at radius 3 is 1.88 bits per heavy atom. The normalized spacial score (nSPS) is 10.2. The largest absolute Gasteiger partial charge is 0.504 e. The molecule has 0 aliphatic rings. The number of hydrogen-bond donors (Lipinski definition) is 1. The van der Waals surface area contributed by atoms with Gasteiger partial charge in [0, 0.05) is 19.3 Å². The van der Waals surface area contributed by atoms with E-state index in [1.807, 2.05) is 0 Å². The van der Waals surface area contributed by atoms with Crippen LogP contribution in [0.5, 0.6) is 17.2 Å². The SMILES string of the molecule is CCOC(=O)c1cc(O)c(OC(=O)CC)c(OC(=O)CC)c1C(=O)CC. The summed E-state index contributed by atoms with van der Waals surface area (Å²) in [4.78, 5) is 48.1. The second-order valence-corrected chi connectivity index (χ2v) is 5.13. The van der Waals surface area contributed by atoms with Gasteiger partial charge < -0.3 is 19.3 Å². The molecule has 1 aromatic carbocycles. The van der Waals surface area contributed by atoms with Gasteiger partial charge in [-0.05, 0) is 13.0 Å². The quantitative estimate of drug-likeness (QED) is 0.424. The van der Waals surface area contributed by atoms with Crippen molar-refractivity contribution in [1.29, 1.82) is 0 Å². The zero-order valence-electron chi connectivity index (χ0n) is 15.2. The Morgan fingerprint density at radius 1 is 0.885 bits per heavy atom. The Hall–Kier alpha value is -2.90. The van der Waals surface area contributed by atoms with E-state index in [4.69, 9.17) is 14.2 Å². The van der Waals surface area contributed by atoms with Crippen molar-refractivity contribution in [3.8, 4) is 17.2 Å². The van der Waals surface area contributed by atoms with Gasteiger partial charge in [-0.1, -0.05) is 20.8 Å². The van der Waals surface area contributed by atoms with E-state index in [1.54, 1.807) is 13.8 Å². The lowest BCUT2D eigenvalue weighted by Gasteiger charge is -2.17. The van der Waals surface area contributed by atoms with Crippen LogP contribution in [-0.4, -0.2) is 35.4 Å². The highest BCUT2D eigenvalue weighted by Gasteiger charge is 2.30. The summed E-state index contributed by atoms with van der Waals surface area (Å²) in [6.07, 6.45) is -0.0718. The van der Waals surface area contributed by atoms with Crippen molar-refractivity contribution in [3.05, 3.63) is 17.2 Å². The molecule has 0 aliphatic carbocycles. The molecule has 0 saturated heterocycles. The number of rotatable bonds is 8. The number of Topliss-reactive ketones (excluding diaryl/α,β-unsaturated/α-hetero) is 1. The molecule has 0 bridgehead atoms. The van der Waals surface area contributed by atoms with Crippen LogP contribution in [0.2, 0.25) is 0 Å². The van der Waals surface area contributed by atoms with Crippen LogP contribution in [0.25, 0.3) is 0 Å². The van der Waals surface area contributed by atoms with E-state index in [-0.39, 0.29) is 37.0 Å². The third kappa shape index (κ3) is 4.81. The van der Waals surface area contributed by atoms with Crippen molar-refractivity contribution < 1.29 is 38.5 Å². The number of benzene rings is 1. The molecule has 0 amide bonds. The highest BCUT2D eigenvalue weighted by Crippen LogP contribution is 2.43. The van der Waals surface area contributed by atoms with Crippen molar-refractivity contribution in [2.45, 2.75) is 47.0 Å². The number of phenolic OH excluding ortho intramolecular Hbond substituents is 1. The average Bonchev–Trinajstić information content (AvgIpc) is 2.63. The minimum Gasteiger partial charge on any atom is -0.504 e. The predicted octanol–water partition coefficient (Wildman–Crippen LogP) is 2.79. The molecule has 0 unspecified atom stereocenters. The van der Waals surface area contributed by atoms with Gasteiger partial charge in [0.25, 0.3) is 0 Å². The molecule has 26 heavy (non-hydrogen) atoms. The molecule has 0 aliphatic heterocycles. The smallest absolute Gasteiger partial charge is 0.339 e. The van der Waals surface area contributed by atoms with E-state index in [2.05, 4.69) is 0 Å². The first-order chi connectivity index (χ1) is 12.3. The maximum Gasteiger partial charge on any atom is 0.339 e. The van der Waals surface area contributed by atoms with Gasteiger partial charge in [-0.15, -0.1) is 0 Å². The molecule has 1 aromatic rings. The Bertz CT molecular complexity index is 720. The van der Waals surface area contributed by atoms with Gasteiger partial charge in [0.15, 0.2) is 17.3 Å². The molecule has 0 aromatic heterocycles. The predicted molar refractivity (Wildman–Crippen MR) is 90.5 cm³/mol. The number of esters is 3. The molecule has 0 heterocycles. The molecule has 0 atom stereocenters. The topological polar surface area (TPSA) is 116 Å². The second kappa shape index (κ2) is 9.55. The lowest BCUT2D eigenvalue weighted by Crippen LogP contribution is -2.18. The van der Waals surface area contributed by atoms with Gasteiger partial charge in [-0.2, -0.15) is 0 Å². The van der Waals surface area contributed by atoms with Crippen LogP contribution in [0.15, 0.2) is 6.07 Å². The number of ether oxygens (including phenoxy) is 3. The molecule has 1 rings (SSSR count). The maximum atomic E-state index is 12.4. The van der Waals surface area contributed by atoms with Crippen LogP contribution in [0.3, 0.4) is 0 Å². The van der Waals surface area contributed by atoms with E-state index >= 15 is 0 Å². The summed E-state index contributed by atoms with van der Waals surface area (Å²) in [7, 11) is 0. The molecule has 142 valence electrons. The molecule has 0 spiro atoms. The Balaban J connectivity index is 3.75. The van der Waals surface area contributed by atoms with Crippen LogP contribution >= 0.6 is 0 Å². The minimum absolute atomic E-state index is 0.0166. The standard InChI is InChI=1S/C18H22O8/c1-5-11(19)15-10(18(23)24-8-4)9-12(20)16(25-13(21)6-2)17(15)26-14(22)7-3/h9,20H,5-8H2,1-4H3. The summed E-state index contributed by atoms with van der Waals surface area (Å²) in [5.74, 6) is -4.43. The van der Waals surface area contributed by atoms with Crippen molar-refractivity contribution in [3.63, 3.8) is 0 Å². The molecule has 1 N–H and O–H groups in total. The summed E-state index contributed by atoms with van der Waals surface area (Å²) >= 11 is 0. The molecule has 0 fully saturated rings. The molecule has 8 nitrogen and oxygen atoms in total. The number of phenols is 1. The summed E-state index contributed by atoms with van der Waals surface area (Å²) < 4.78 is 15.1. The third-order valence-corrected chi connectivity index (χ3v) is 3.32. The molecular weight excluding hydrogens is 344 g/mol. The van der Waals surface area contributed by atoms with Crippen LogP contribution in [0.4, 0.5) is 0 Å². The maximum absolute atomic E-state index is 12.4. The first-order valence-electron chi connectivity index (χ1n) is 8.32. The monoisotopic (exact) mass is 366 g/mol. The second-order valence-electron chi connectivity index (χ2n) is 5.13. The van der Waals surface area contributed by atoms with Gasteiger partial charge in [-0.25, -0.2) is 4.79 Å². The number of carbonyl (C=O) groups is 4. The zero-order chi connectivity index (χ0) is 19.9. The van der Waals surface area contributed by atoms with E-state index in [9.17, 15) is 24.3 Å². The molecule has 0 saturated carbocycles. The number of hydrogen-bond acceptors (Lipinski definition) is 8. The average molecular weight is 366 g/mol. The lowest BCUT2D eigenvalue weighted by atomic mass is 9.99. The summed E-state index contributed by atoms with van der Waals surface area (Å²) in [5, 5.41) is 10.2. The fraction of sp³-hybridized carbons (Fsp3) is 0.444. The summed E-state index contributed by atoms with van der Waals surface area (Å²) in [6, 6.07) is 0.961. The Labute approximate surface area is 151 Å². The third-order valence-electron chi connectivity index (χ3n) is 3.32. The van der Waals surface area contributed by atoms with Crippen molar-refractivity contribution in [1.82, 2.24) is 0 Å². The fourth-order valence-electron chi connectivity index (χ4n) is 2.02. The Morgan fingerprint density at radius 2 is 1.42 bits per heavy atom. The zero-order valence-corrected chi connectivity index (χ0v) is 15.2. The fourth-order valence-corrected chi connectivity index (χ4v) is 2.02. The van der Waals surface area contributed by atoms with E-state index in [0.29, 0.717) is 0 Å². The first kappa shape index (κ1) is 21.1. The molecule has 8 heteroatoms. The lowest BCUT2D eigenvalue weighted by molar-refractivity contribution is -0.136. The van der Waals surface area contributed by atoms with Gasteiger partial charge in [-0.3, -0.25) is 14.4 Å². The van der Waals surface area contributed by atoms with Gasteiger partial charge in [0.2, 0.25) is 5.75 Å². The summed E-state index contributed by atoms with van der Waals surface area (Å²) in [5.41, 5.74) is -0.546. The first-order valence-corrected chi connectivity index (χ1v) is 8.32. The van der Waals surface area contributed by atoms with E-state index in [1.165, 1.54) is 13.8 Å². The van der Waals surface area contributed by atoms with Crippen molar-refractivity contribution in [2.24, 2.45) is 0 Å². The highest BCUT2D eigenvalue weighted by atomic mass is 16.6. The molecular formula is C18H22O8. The Kier molecular flexibility index (Phi) is 7.77. The van der Waals surface area contributed by atoms with Crippen molar-refractivity contribution >= 4 is 23.7 Å². The van der Waals surface area contributed by atoms with E-state index in [0.717, 1.165) is 6.07 Å².